The van der Waals surface area contributed by atoms with Gasteiger partial charge in [0.1, 0.15) is 5.54 Å². The zero-order chi connectivity index (χ0) is 26.6. The van der Waals surface area contributed by atoms with Crippen LogP contribution in [0.5, 0.6) is 5.88 Å². The minimum Gasteiger partial charge on any atom is -0.478 e. The van der Waals surface area contributed by atoms with Crippen molar-refractivity contribution in [2.45, 2.75) is 38.0 Å². The lowest BCUT2D eigenvalue weighted by molar-refractivity contribution is -0.137. The Bertz CT molecular complexity index is 1480. The number of amides is 1. The van der Waals surface area contributed by atoms with Gasteiger partial charge < -0.3 is 9.64 Å². The minimum atomic E-state index is -4.83. The number of nitriles is 1. The topological polar surface area (TPSA) is 90.9 Å². The molecule has 1 saturated heterocycles. The summed E-state index contributed by atoms with van der Waals surface area (Å²) >= 11 is 4.47. The second kappa shape index (κ2) is 8.70. The maximum absolute atomic E-state index is 15.1. The van der Waals surface area contributed by atoms with E-state index in [1.54, 1.807) is 6.92 Å². The van der Waals surface area contributed by atoms with Crippen LogP contribution < -0.4 is 20.1 Å². The third-order valence-electron chi connectivity index (χ3n) is 5.76. The van der Waals surface area contributed by atoms with Gasteiger partial charge in [-0.3, -0.25) is 18.9 Å². The number of anilines is 2. The number of fused-ring (bicyclic) bond motifs is 1. The van der Waals surface area contributed by atoms with E-state index in [2.05, 4.69) is 17.6 Å². The molecular weight excluding hydrogens is 502 g/mol. The summed E-state index contributed by atoms with van der Waals surface area (Å²) in [6, 6.07) is 6.51. The molecule has 1 aliphatic rings. The van der Waals surface area contributed by atoms with Gasteiger partial charge in [-0.25, -0.2) is 4.39 Å². The SMILES string of the molecule is CCOc1cc(=O)n2cc(N3C(S)N(c4ccc(C#N)c(C(F)(F)F)c4)C(=O)C3(C)C)cc(F)c2n1. The number of halogens is 4. The molecule has 2 aromatic heterocycles. The molecular formula is C23H19F4N5O3S. The second-order valence-corrected chi connectivity index (χ2v) is 8.86. The van der Waals surface area contributed by atoms with E-state index in [-0.39, 0.29) is 29.5 Å². The Morgan fingerprint density at radius 1 is 1.19 bits per heavy atom. The van der Waals surface area contributed by atoms with E-state index in [0.29, 0.717) is 6.07 Å². The molecule has 0 aliphatic carbocycles. The highest BCUT2D eigenvalue weighted by Crippen LogP contribution is 2.42. The molecule has 0 bridgehead atoms. The lowest BCUT2D eigenvalue weighted by Crippen LogP contribution is -2.45. The number of carbonyl (C=O) groups is 1. The number of nitrogens with zero attached hydrogens (tertiary/aromatic N) is 5. The highest BCUT2D eigenvalue weighted by atomic mass is 32.1. The fourth-order valence-electron chi connectivity index (χ4n) is 4.11. The van der Waals surface area contributed by atoms with Gasteiger partial charge in [0.25, 0.3) is 11.5 Å². The first-order chi connectivity index (χ1) is 16.8. The molecule has 1 aromatic carbocycles. The maximum atomic E-state index is 15.1. The van der Waals surface area contributed by atoms with Crippen LogP contribution in [0.2, 0.25) is 0 Å². The number of alkyl halides is 3. The van der Waals surface area contributed by atoms with E-state index in [9.17, 15) is 22.8 Å². The van der Waals surface area contributed by atoms with Crippen LogP contribution in [0.1, 0.15) is 31.9 Å². The van der Waals surface area contributed by atoms with Crippen molar-refractivity contribution in [1.82, 2.24) is 9.38 Å². The first-order valence-corrected chi connectivity index (χ1v) is 11.1. The van der Waals surface area contributed by atoms with Crippen LogP contribution in [0.25, 0.3) is 5.65 Å². The molecule has 36 heavy (non-hydrogen) atoms. The Labute approximate surface area is 207 Å². The smallest absolute Gasteiger partial charge is 0.417 e. The van der Waals surface area contributed by atoms with E-state index in [0.717, 1.165) is 27.5 Å². The zero-order valence-electron chi connectivity index (χ0n) is 19.2. The summed E-state index contributed by atoms with van der Waals surface area (Å²) in [4.78, 5) is 32.4. The van der Waals surface area contributed by atoms with Gasteiger partial charge >= 0.3 is 6.18 Å². The zero-order valence-corrected chi connectivity index (χ0v) is 20.1. The average molecular weight is 521 g/mol. The van der Waals surface area contributed by atoms with Crippen LogP contribution in [0.15, 0.2) is 41.3 Å². The molecule has 3 heterocycles. The average Bonchev–Trinajstić information content (AvgIpc) is 2.97. The Balaban J connectivity index is 1.84. The van der Waals surface area contributed by atoms with Crippen molar-refractivity contribution in [2.75, 3.05) is 16.4 Å². The number of pyridine rings is 1. The minimum absolute atomic E-state index is 0.0506. The van der Waals surface area contributed by atoms with Gasteiger partial charge in [0.05, 0.1) is 35.6 Å². The third kappa shape index (κ3) is 4.01. The highest BCUT2D eigenvalue weighted by Gasteiger charge is 2.52. The van der Waals surface area contributed by atoms with Crippen LogP contribution in [-0.4, -0.2) is 32.9 Å². The molecule has 0 spiro atoms. The number of hydrogen-bond donors (Lipinski definition) is 1. The largest absolute Gasteiger partial charge is 0.478 e. The van der Waals surface area contributed by atoms with E-state index >= 15 is 4.39 Å². The van der Waals surface area contributed by atoms with Crippen molar-refractivity contribution in [3.8, 4) is 11.9 Å². The predicted molar refractivity (Wildman–Crippen MR) is 126 cm³/mol. The summed E-state index contributed by atoms with van der Waals surface area (Å²) in [5.74, 6) is -1.56. The molecule has 3 aromatic rings. The van der Waals surface area contributed by atoms with Crippen LogP contribution >= 0.6 is 12.6 Å². The predicted octanol–water partition coefficient (Wildman–Crippen LogP) is 3.97. The van der Waals surface area contributed by atoms with Crippen molar-refractivity contribution in [3.63, 3.8) is 0 Å². The number of rotatable bonds is 4. The number of aromatic nitrogens is 2. The third-order valence-corrected chi connectivity index (χ3v) is 6.22. The number of benzene rings is 1. The monoisotopic (exact) mass is 521 g/mol. The molecule has 13 heteroatoms. The van der Waals surface area contributed by atoms with Crippen LogP contribution in [0, 0.1) is 17.1 Å². The van der Waals surface area contributed by atoms with Crippen molar-refractivity contribution in [1.29, 1.82) is 5.26 Å². The first-order valence-electron chi connectivity index (χ1n) is 10.6. The Morgan fingerprint density at radius 3 is 2.50 bits per heavy atom. The molecule has 0 N–H and O–H groups in total. The van der Waals surface area contributed by atoms with E-state index < -0.39 is 45.6 Å². The van der Waals surface area contributed by atoms with E-state index in [4.69, 9.17) is 10.00 Å². The molecule has 1 unspecified atom stereocenters. The fraction of sp³-hybridized carbons (Fsp3) is 0.304. The van der Waals surface area contributed by atoms with E-state index in [1.165, 1.54) is 37.1 Å². The summed E-state index contributed by atoms with van der Waals surface area (Å²) in [6.45, 7) is 4.89. The van der Waals surface area contributed by atoms with Gasteiger partial charge in [-0.2, -0.15) is 23.4 Å². The number of ether oxygens (including phenoxy) is 1. The molecule has 0 saturated carbocycles. The van der Waals surface area contributed by atoms with Crippen molar-refractivity contribution >= 4 is 35.6 Å². The van der Waals surface area contributed by atoms with Gasteiger partial charge in [-0.1, -0.05) is 0 Å². The van der Waals surface area contributed by atoms with Gasteiger partial charge in [0.2, 0.25) is 5.88 Å². The summed E-state index contributed by atoms with van der Waals surface area (Å²) < 4.78 is 61.8. The van der Waals surface area contributed by atoms with Crippen molar-refractivity contribution < 1.29 is 27.1 Å². The Kier molecular flexibility index (Phi) is 6.12. The molecule has 1 fully saturated rings. The Morgan fingerprint density at radius 2 is 1.89 bits per heavy atom. The lowest BCUT2D eigenvalue weighted by atomic mass is 10.0. The van der Waals surface area contributed by atoms with Gasteiger partial charge in [-0.05, 0) is 39.0 Å². The summed E-state index contributed by atoms with van der Waals surface area (Å²) in [7, 11) is 0. The molecule has 188 valence electrons. The lowest BCUT2D eigenvalue weighted by Gasteiger charge is -2.33. The normalized spacial score (nSPS) is 17.5. The summed E-state index contributed by atoms with van der Waals surface area (Å²) in [6.07, 6.45) is -3.56. The van der Waals surface area contributed by atoms with Crippen LogP contribution in [-0.2, 0) is 11.0 Å². The molecule has 1 atom stereocenters. The van der Waals surface area contributed by atoms with Crippen molar-refractivity contribution in [3.05, 3.63) is 63.8 Å². The molecule has 4 rings (SSSR count). The van der Waals surface area contributed by atoms with Gasteiger partial charge in [-0.15, -0.1) is 12.6 Å². The van der Waals surface area contributed by atoms with E-state index in [1.807, 2.05) is 0 Å². The number of carbonyl (C=O) groups excluding carboxylic acids is 1. The summed E-state index contributed by atoms with van der Waals surface area (Å²) in [5.41, 5.74) is -5.39. The molecule has 0 radical (unpaired) electrons. The first kappa shape index (κ1) is 25.3. The number of hydrogen-bond acceptors (Lipinski definition) is 7. The highest BCUT2D eigenvalue weighted by molar-refractivity contribution is 7.81. The quantitative estimate of drug-likeness (QED) is 0.413. The Hall–Kier alpha value is -3.79. The second-order valence-electron chi connectivity index (χ2n) is 8.40. The standard InChI is InChI=1S/C23H19F4N5O3S/c1-4-35-17-9-18(33)30-11-14(8-16(24)19(30)29-17)32-21(36)31(20(34)22(32,2)3)13-6-5-12(10-28)15(7-13)23(25,26)27/h5-9,11,21,36H,4H2,1-3H3. The van der Waals surface area contributed by atoms with Crippen molar-refractivity contribution in [2.24, 2.45) is 0 Å². The van der Waals surface area contributed by atoms with Crippen LogP contribution in [0.4, 0.5) is 28.9 Å². The summed E-state index contributed by atoms with van der Waals surface area (Å²) in [5, 5.41) is 9.07. The van der Waals surface area contributed by atoms with Gasteiger partial charge in [0, 0.05) is 18.0 Å². The molecule has 8 nitrogen and oxygen atoms in total. The fourth-order valence-corrected chi connectivity index (χ4v) is 4.77. The van der Waals surface area contributed by atoms with Gasteiger partial charge in [0.15, 0.2) is 17.0 Å². The van der Waals surface area contributed by atoms with Crippen LogP contribution in [0.3, 0.4) is 0 Å². The maximum Gasteiger partial charge on any atom is 0.417 e. The number of thiol groups is 1. The molecule has 1 amide bonds. The molecule has 1 aliphatic heterocycles.